The Hall–Kier alpha value is -0.670. The second-order valence-electron chi connectivity index (χ2n) is 6.39. The summed E-state index contributed by atoms with van der Waals surface area (Å²) in [5, 5.41) is 0. The zero-order valence-electron chi connectivity index (χ0n) is 13.0. The Balaban J connectivity index is 1.93. The van der Waals surface area contributed by atoms with Crippen LogP contribution in [-0.4, -0.2) is 37.3 Å². The van der Waals surface area contributed by atoms with Gasteiger partial charge in [-0.25, -0.2) is 8.42 Å². The van der Waals surface area contributed by atoms with Gasteiger partial charge in [-0.3, -0.25) is 4.79 Å². The van der Waals surface area contributed by atoms with Crippen LogP contribution in [0.3, 0.4) is 0 Å². The van der Waals surface area contributed by atoms with Gasteiger partial charge < -0.3 is 9.47 Å². The van der Waals surface area contributed by atoms with E-state index in [1.807, 2.05) is 0 Å². The standard InChI is InChI=1S/C16H19IO5S/c1-3-21-14(18)16-8-15(9-16,10-17)22-13(16)11-4-6-12(7-5-11)23(2,19)20/h4-7,13H,3,8-10H2,1-2H3. The number of fused-ring (bicyclic) bond motifs is 1. The molecule has 7 heteroatoms. The van der Waals surface area contributed by atoms with Crippen molar-refractivity contribution in [2.75, 3.05) is 17.3 Å². The Labute approximate surface area is 149 Å². The van der Waals surface area contributed by atoms with E-state index in [4.69, 9.17) is 9.47 Å². The van der Waals surface area contributed by atoms with Gasteiger partial charge in [-0.2, -0.15) is 0 Å². The van der Waals surface area contributed by atoms with Gasteiger partial charge in [-0.15, -0.1) is 0 Å². The molecule has 4 rings (SSSR count). The molecule has 1 unspecified atom stereocenters. The summed E-state index contributed by atoms with van der Waals surface area (Å²) in [7, 11) is -3.24. The number of alkyl halides is 1. The van der Waals surface area contributed by atoms with Gasteiger partial charge in [-0.05, 0) is 37.5 Å². The Bertz CT molecular complexity index is 719. The summed E-state index contributed by atoms with van der Waals surface area (Å²) < 4.78 is 35.5. The molecule has 0 aromatic heterocycles. The van der Waals surface area contributed by atoms with Crippen molar-refractivity contribution in [3.63, 3.8) is 0 Å². The summed E-state index contributed by atoms with van der Waals surface area (Å²) in [5.41, 5.74) is -0.0592. The molecule has 2 saturated heterocycles. The van der Waals surface area contributed by atoms with Gasteiger partial charge in [0.2, 0.25) is 0 Å². The van der Waals surface area contributed by atoms with Gasteiger partial charge >= 0.3 is 5.97 Å². The molecule has 5 nitrogen and oxygen atoms in total. The molecule has 126 valence electrons. The van der Waals surface area contributed by atoms with Crippen LogP contribution in [0.5, 0.6) is 0 Å². The second kappa shape index (κ2) is 5.70. The van der Waals surface area contributed by atoms with Crippen LogP contribution in [0.2, 0.25) is 0 Å². The summed E-state index contributed by atoms with van der Waals surface area (Å²) in [6.07, 6.45) is 2.14. The fourth-order valence-electron chi connectivity index (χ4n) is 3.66. The Kier molecular flexibility index (Phi) is 4.25. The van der Waals surface area contributed by atoms with E-state index in [1.165, 1.54) is 6.26 Å². The maximum Gasteiger partial charge on any atom is 0.315 e. The first-order valence-corrected chi connectivity index (χ1v) is 10.9. The Morgan fingerprint density at radius 3 is 2.43 bits per heavy atom. The van der Waals surface area contributed by atoms with Gasteiger partial charge in [0.1, 0.15) is 5.41 Å². The van der Waals surface area contributed by atoms with Crippen LogP contribution in [0.4, 0.5) is 0 Å². The molecule has 0 radical (unpaired) electrons. The number of carbonyl (C=O) groups is 1. The third-order valence-corrected chi connectivity index (χ3v) is 7.20. The van der Waals surface area contributed by atoms with E-state index in [-0.39, 0.29) is 22.6 Å². The lowest BCUT2D eigenvalue weighted by atomic mass is 9.60. The number of rotatable bonds is 5. The van der Waals surface area contributed by atoms with Crippen LogP contribution in [0.1, 0.15) is 31.4 Å². The van der Waals surface area contributed by atoms with Gasteiger partial charge in [-0.1, -0.05) is 34.7 Å². The molecular formula is C16H19IO5S. The summed E-state index contributed by atoms with van der Waals surface area (Å²) in [5.74, 6) is -0.213. The minimum atomic E-state index is -3.24. The molecule has 3 fully saturated rings. The fourth-order valence-corrected chi connectivity index (χ4v) is 5.01. The molecule has 0 spiro atoms. The van der Waals surface area contributed by atoms with Crippen LogP contribution in [-0.2, 0) is 24.1 Å². The van der Waals surface area contributed by atoms with Crippen molar-refractivity contribution in [2.45, 2.75) is 36.4 Å². The highest BCUT2D eigenvalue weighted by Gasteiger charge is 2.72. The summed E-state index contributed by atoms with van der Waals surface area (Å²) in [4.78, 5) is 12.7. The van der Waals surface area contributed by atoms with Crippen LogP contribution >= 0.6 is 22.6 Å². The van der Waals surface area contributed by atoms with E-state index >= 15 is 0 Å². The SMILES string of the molecule is CCOC(=O)C12CC(CI)(C1)OC2c1ccc(S(C)(=O)=O)cc1. The van der Waals surface area contributed by atoms with Crippen LogP contribution in [0.15, 0.2) is 29.2 Å². The monoisotopic (exact) mass is 450 g/mol. The predicted molar refractivity (Wildman–Crippen MR) is 93.3 cm³/mol. The first kappa shape index (κ1) is 17.2. The Morgan fingerprint density at radius 1 is 1.35 bits per heavy atom. The molecule has 0 amide bonds. The normalized spacial score (nSPS) is 32.4. The molecule has 1 aromatic rings. The summed E-state index contributed by atoms with van der Waals surface area (Å²) >= 11 is 2.28. The predicted octanol–water partition coefficient (Wildman–Crippen LogP) is 2.68. The van der Waals surface area contributed by atoms with Crippen LogP contribution < -0.4 is 0 Å². The van der Waals surface area contributed by atoms with Gasteiger partial charge in [0.05, 0.1) is 23.2 Å². The molecule has 23 heavy (non-hydrogen) atoms. The first-order chi connectivity index (χ1) is 10.8. The van der Waals surface area contributed by atoms with Crippen molar-refractivity contribution in [3.8, 4) is 0 Å². The molecule has 2 aliphatic heterocycles. The summed E-state index contributed by atoms with van der Waals surface area (Å²) in [6.45, 7) is 2.14. The number of esters is 1. The molecule has 2 heterocycles. The van der Waals surface area contributed by atoms with Crippen molar-refractivity contribution in [1.82, 2.24) is 0 Å². The smallest absolute Gasteiger partial charge is 0.315 e. The van der Waals surface area contributed by atoms with Crippen molar-refractivity contribution >= 4 is 38.4 Å². The molecule has 1 saturated carbocycles. The molecule has 1 atom stereocenters. The van der Waals surface area contributed by atoms with Crippen molar-refractivity contribution in [3.05, 3.63) is 29.8 Å². The number of ether oxygens (including phenoxy) is 2. The quantitative estimate of drug-likeness (QED) is 0.392. The average molecular weight is 450 g/mol. The lowest BCUT2D eigenvalue weighted by Gasteiger charge is -2.42. The maximum atomic E-state index is 12.5. The van der Waals surface area contributed by atoms with E-state index < -0.39 is 15.3 Å². The van der Waals surface area contributed by atoms with E-state index in [1.54, 1.807) is 31.2 Å². The minimum Gasteiger partial charge on any atom is -0.465 e. The summed E-state index contributed by atoms with van der Waals surface area (Å²) in [6, 6.07) is 6.62. The molecule has 1 aromatic carbocycles. The number of hydrogen-bond acceptors (Lipinski definition) is 5. The molecule has 0 N–H and O–H groups in total. The first-order valence-electron chi connectivity index (χ1n) is 7.47. The third kappa shape index (κ3) is 2.70. The lowest BCUT2D eigenvalue weighted by Crippen LogP contribution is -2.50. The number of halogens is 1. The molecule has 2 bridgehead atoms. The highest BCUT2D eigenvalue weighted by Crippen LogP contribution is 2.68. The van der Waals surface area contributed by atoms with E-state index in [0.717, 1.165) is 9.99 Å². The number of carbonyl (C=O) groups excluding carboxylic acids is 1. The largest absolute Gasteiger partial charge is 0.465 e. The molecule has 1 aliphatic carbocycles. The second-order valence-corrected chi connectivity index (χ2v) is 9.16. The van der Waals surface area contributed by atoms with Crippen molar-refractivity contribution in [2.24, 2.45) is 5.41 Å². The zero-order chi connectivity index (χ0) is 16.9. The third-order valence-electron chi connectivity index (χ3n) is 4.68. The van der Waals surface area contributed by atoms with Gasteiger partial charge in [0.15, 0.2) is 9.84 Å². The van der Waals surface area contributed by atoms with E-state index in [2.05, 4.69) is 22.6 Å². The zero-order valence-corrected chi connectivity index (χ0v) is 16.0. The Morgan fingerprint density at radius 2 is 1.96 bits per heavy atom. The van der Waals surface area contributed by atoms with E-state index in [9.17, 15) is 13.2 Å². The van der Waals surface area contributed by atoms with Crippen LogP contribution in [0.25, 0.3) is 0 Å². The van der Waals surface area contributed by atoms with E-state index in [0.29, 0.717) is 19.4 Å². The molecular weight excluding hydrogens is 431 g/mol. The van der Waals surface area contributed by atoms with Crippen molar-refractivity contribution in [1.29, 1.82) is 0 Å². The topological polar surface area (TPSA) is 69.7 Å². The fraction of sp³-hybridized carbons (Fsp3) is 0.562. The minimum absolute atomic E-state index is 0.213. The maximum absolute atomic E-state index is 12.5. The average Bonchev–Trinajstić information content (AvgIpc) is 2.98. The van der Waals surface area contributed by atoms with Crippen LogP contribution in [0, 0.1) is 5.41 Å². The molecule has 3 aliphatic rings. The number of benzene rings is 1. The highest BCUT2D eigenvalue weighted by molar-refractivity contribution is 14.1. The highest BCUT2D eigenvalue weighted by atomic mass is 127. The number of hydrogen-bond donors (Lipinski definition) is 0. The lowest BCUT2D eigenvalue weighted by molar-refractivity contribution is -0.161. The number of sulfone groups is 1. The van der Waals surface area contributed by atoms with Gasteiger partial charge in [0, 0.05) is 10.7 Å². The van der Waals surface area contributed by atoms with Crippen molar-refractivity contribution < 1.29 is 22.7 Å². The van der Waals surface area contributed by atoms with Gasteiger partial charge in [0.25, 0.3) is 0 Å².